The third kappa shape index (κ3) is 5.85. The lowest BCUT2D eigenvalue weighted by Gasteiger charge is -2.35. The minimum Gasteiger partial charge on any atom is -0.488 e. The fourth-order valence-electron chi connectivity index (χ4n) is 6.78. The predicted octanol–water partition coefficient (Wildman–Crippen LogP) is 4.72. The summed E-state index contributed by atoms with van der Waals surface area (Å²) < 4.78 is 6.40. The highest BCUT2D eigenvalue weighted by atomic mass is 32.1. The summed E-state index contributed by atoms with van der Waals surface area (Å²) in [6.07, 6.45) is 2.69. The summed E-state index contributed by atoms with van der Waals surface area (Å²) in [5.41, 5.74) is 5.52. The minimum atomic E-state index is -0.660. The fraction of sp³-hybridized carbons (Fsp3) is 0.455. The maximum Gasteiger partial charge on any atom is 0.307 e. The number of aryl methyl sites for hydroxylation is 2. The lowest BCUT2D eigenvalue weighted by Crippen LogP contribution is -2.50. The third-order valence-electron chi connectivity index (χ3n) is 9.25. The normalized spacial score (nSPS) is 21.8. The van der Waals surface area contributed by atoms with Crippen LogP contribution in [0.1, 0.15) is 46.8 Å². The molecule has 9 nitrogen and oxygen atoms in total. The quantitative estimate of drug-likeness (QED) is 0.398. The summed E-state index contributed by atoms with van der Waals surface area (Å²) in [5, 5.41) is 12.7. The molecule has 2 saturated heterocycles. The number of carboxylic acid groups (broad SMARTS) is 1. The maximum atomic E-state index is 13.1. The molecule has 43 heavy (non-hydrogen) atoms. The summed E-state index contributed by atoms with van der Waals surface area (Å²) >= 11 is 1.60. The van der Waals surface area contributed by atoms with Crippen LogP contribution >= 0.6 is 11.3 Å². The summed E-state index contributed by atoms with van der Waals surface area (Å²) in [6.45, 7) is 7.12. The topological polar surface area (TPSA) is 103 Å². The molecule has 10 heteroatoms. The second-order valence-corrected chi connectivity index (χ2v) is 12.9. The van der Waals surface area contributed by atoms with E-state index in [1.165, 1.54) is 0 Å². The standard InChI is InChI=1S/C33H38N4O5S/c1-4-21-14-22(31(39)36-12-11-35(3)29(38)17-36)6-9-25(21)18-42-28-10-5-20(2)13-26(28)27-19-43-33(34-27)37-15-23-7-8-24(16-37)30(23)32(40)41/h5-6,9-10,13-14,19,23-24,30H,4,7-8,11-12,15-18H2,1-3H3,(H,40,41). The van der Waals surface area contributed by atoms with Gasteiger partial charge in [-0.3, -0.25) is 14.4 Å². The number of amides is 2. The molecule has 3 fully saturated rings. The Balaban J connectivity index is 1.17. The van der Waals surface area contributed by atoms with Gasteiger partial charge in [-0.05, 0) is 73.4 Å². The van der Waals surface area contributed by atoms with Crippen molar-refractivity contribution < 1.29 is 24.2 Å². The molecule has 0 radical (unpaired) electrons. The molecule has 6 rings (SSSR count). The van der Waals surface area contributed by atoms with Gasteiger partial charge in [-0.2, -0.15) is 0 Å². The van der Waals surface area contributed by atoms with E-state index in [1.54, 1.807) is 28.2 Å². The lowest BCUT2D eigenvalue weighted by molar-refractivity contribution is -0.144. The van der Waals surface area contributed by atoms with Crippen LogP contribution in [0.4, 0.5) is 5.13 Å². The van der Waals surface area contributed by atoms with E-state index in [4.69, 9.17) is 9.72 Å². The molecule has 2 atom stereocenters. The summed E-state index contributed by atoms with van der Waals surface area (Å²) in [7, 11) is 1.76. The molecule has 3 heterocycles. The molecule has 1 N–H and O–H groups in total. The van der Waals surface area contributed by atoms with Crippen LogP contribution in [0.25, 0.3) is 11.3 Å². The van der Waals surface area contributed by atoms with Crippen LogP contribution in [-0.2, 0) is 22.6 Å². The Morgan fingerprint density at radius 1 is 1.07 bits per heavy atom. The molecule has 0 spiro atoms. The molecule has 226 valence electrons. The number of piperidine rings is 1. The average molecular weight is 603 g/mol. The maximum absolute atomic E-state index is 13.1. The second kappa shape index (κ2) is 12.0. The number of thiazole rings is 1. The predicted molar refractivity (Wildman–Crippen MR) is 166 cm³/mol. The average Bonchev–Trinajstić information content (AvgIpc) is 3.60. The van der Waals surface area contributed by atoms with Crippen molar-refractivity contribution in [1.82, 2.24) is 14.8 Å². The van der Waals surface area contributed by atoms with Crippen LogP contribution in [0.3, 0.4) is 0 Å². The molecule has 2 amide bonds. The fourth-order valence-corrected chi connectivity index (χ4v) is 7.63. The van der Waals surface area contributed by atoms with E-state index < -0.39 is 5.97 Å². The number of likely N-dealkylation sites (N-methyl/N-ethyl adjacent to an activating group) is 1. The number of aliphatic carboxylic acids is 1. The first-order chi connectivity index (χ1) is 20.7. The summed E-state index contributed by atoms with van der Waals surface area (Å²) in [6, 6.07) is 11.8. The van der Waals surface area contributed by atoms with Gasteiger partial charge in [-0.25, -0.2) is 4.98 Å². The van der Waals surface area contributed by atoms with Crippen molar-refractivity contribution in [3.05, 3.63) is 64.0 Å². The Hall–Kier alpha value is -3.92. The SMILES string of the molecule is CCc1cc(C(=O)N2CCN(C)C(=O)C2)ccc1COc1ccc(C)cc1-c1csc(N2CC3CCC(C2)C3C(=O)O)n1. The van der Waals surface area contributed by atoms with Gasteiger partial charge < -0.3 is 24.5 Å². The van der Waals surface area contributed by atoms with Crippen LogP contribution in [0.5, 0.6) is 5.75 Å². The van der Waals surface area contributed by atoms with Gasteiger partial charge in [0.2, 0.25) is 5.91 Å². The molecular weight excluding hydrogens is 564 g/mol. The number of anilines is 1. The zero-order chi connectivity index (χ0) is 30.2. The molecule has 3 aromatic rings. The first kappa shape index (κ1) is 29.2. The molecule has 2 bridgehead atoms. The number of fused-ring (bicyclic) bond motifs is 2. The van der Waals surface area contributed by atoms with E-state index >= 15 is 0 Å². The van der Waals surface area contributed by atoms with Crippen molar-refractivity contribution in [3.63, 3.8) is 0 Å². The Kier molecular flexibility index (Phi) is 8.13. The van der Waals surface area contributed by atoms with Crippen molar-refractivity contribution in [1.29, 1.82) is 0 Å². The van der Waals surface area contributed by atoms with Gasteiger partial charge >= 0.3 is 5.97 Å². The van der Waals surface area contributed by atoms with Crippen molar-refractivity contribution in [3.8, 4) is 17.0 Å². The number of carbonyl (C=O) groups excluding carboxylic acids is 2. The van der Waals surface area contributed by atoms with Crippen molar-refractivity contribution >= 4 is 34.3 Å². The van der Waals surface area contributed by atoms with Gasteiger partial charge in [-0.15, -0.1) is 11.3 Å². The molecule has 1 aliphatic carbocycles. The molecule has 2 aromatic carbocycles. The summed E-state index contributed by atoms with van der Waals surface area (Å²) in [4.78, 5) is 47.6. The number of benzene rings is 2. The number of piperazine rings is 1. The largest absolute Gasteiger partial charge is 0.488 e. The van der Waals surface area contributed by atoms with Gasteiger partial charge in [0.1, 0.15) is 18.9 Å². The van der Waals surface area contributed by atoms with Crippen molar-refractivity contribution in [2.24, 2.45) is 17.8 Å². The molecule has 2 unspecified atom stereocenters. The number of ether oxygens (including phenoxy) is 1. The first-order valence-corrected chi connectivity index (χ1v) is 15.9. The highest BCUT2D eigenvalue weighted by Gasteiger charge is 2.46. The van der Waals surface area contributed by atoms with E-state index in [-0.39, 0.29) is 36.1 Å². The Morgan fingerprint density at radius 2 is 1.84 bits per heavy atom. The first-order valence-electron chi connectivity index (χ1n) is 15.0. The molecular formula is C33H38N4O5S. The number of carboxylic acids is 1. The molecule has 2 aliphatic heterocycles. The van der Waals surface area contributed by atoms with Gasteiger partial charge in [0.25, 0.3) is 5.91 Å². The number of nitrogens with zero attached hydrogens (tertiary/aromatic N) is 4. The highest BCUT2D eigenvalue weighted by Crippen LogP contribution is 2.44. The molecule has 3 aliphatic rings. The number of hydrogen-bond acceptors (Lipinski definition) is 7. The summed E-state index contributed by atoms with van der Waals surface area (Å²) in [5.74, 6) is 0.0432. The minimum absolute atomic E-state index is 0.0451. The lowest BCUT2D eigenvalue weighted by atomic mass is 9.85. The number of aromatic nitrogens is 1. The highest BCUT2D eigenvalue weighted by molar-refractivity contribution is 7.14. The zero-order valence-corrected chi connectivity index (χ0v) is 25.7. The van der Waals surface area contributed by atoms with Gasteiger partial charge in [-0.1, -0.05) is 24.6 Å². The molecule has 1 saturated carbocycles. The van der Waals surface area contributed by atoms with E-state index in [2.05, 4.69) is 23.3 Å². The second-order valence-electron chi connectivity index (χ2n) is 12.0. The van der Waals surface area contributed by atoms with Crippen LogP contribution in [-0.4, -0.2) is 77.4 Å². The van der Waals surface area contributed by atoms with Crippen LogP contribution in [0, 0.1) is 24.7 Å². The van der Waals surface area contributed by atoms with E-state index in [9.17, 15) is 19.5 Å². The Labute approximate surface area is 256 Å². The third-order valence-corrected chi connectivity index (χ3v) is 10.2. The molecule has 1 aromatic heterocycles. The van der Waals surface area contributed by atoms with Crippen LogP contribution < -0.4 is 9.64 Å². The Bertz CT molecular complexity index is 1540. The van der Waals surface area contributed by atoms with Crippen LogP contribution in [0.15, 0.2) is 41.8 Å². The number of hydrogen-bond donors (Lipinski definition) is 1. The van der Waals surface area contributed by atoms with Gasteiger partial charge in [0, 0.05) is 49.7 Å². The van der Waals surface area contributed by atoms with E-state index in [1.807, 2.05) is 37.3 Å². The van der Waals surface area contributed by atoms with E-state index in [0.717, 1.165) is 71.2 Å². The van der Waals surface area contributed by atoms with E-state index in [0.29, 0.717) is 25.3 Å². The van der Waals surface area contributed by atoms with Crippen LogP contribution in [0.2, 0.25) is 0 Å². The Morgan fingerprint density at radius 3 is 2.53 bits per heavy atom. The zero-order valence-electron chi connectivity index (χ0n) is 24.9. The van der Waals surface area contributed by atoms with Gasteiger partial charge in [0.15, 0.2) is 5.13 Å². The van der Waals surface area contributed by atoms with Crippen molar-refractivity contribution in [2.75, 3.05) is 44.7 Å². The smallest absolute Gasteiger partial charge is 0.307 e. The number of carbonyl (C=O) groups is 3. The number of rotatable bonds is 8. The van der Waals surface area contributed by atoms with Crippen molar-refractivity contribution in [2.45, 2.75) is 39.7 Å². The van der Waals surface area contributed by atoms with Gasteiger partial charge in [0.05, 0.1) is 11.6 Å². The monoisotopic (exact) mass is 602 g/mol.